The van der Waals surface area contributed by atoms with Crippen LogP contribution in [-0.2, 0) is 0 Å². The Balaban J connectivity index is 2.00. The van der Waals surface area contributed by atoms with Crippen LogP contribution in [0, 0.1) is 5.92 Å². The van der Waals surface area contributed by atoms with Crippen molar-refractivity contribution in [2.75, 3.05) is 0 Å². The van der Waals surface area contributed by atoms with Crippen LogP contribution in [0.3, 0.4) is 0 Å². The highest BCUT2D eigenvalue weighted by molar-refractivity contribution is 5.26. The first-order valence-corrected chi connectivity index (χ1v) is 4.71. The molecule has 0 aromatic heterocycles. The predicted molar refractivity (Wildman–Crippen MR) is 49.3 cm³/mol. The molecule has 14 heavy (non-hydrogen) atoms. The Morgan fingerprint density at radius 1 is 1.21 bits per heavy atom. The third-order valence-electron chi connectivity index (χ3n) is 2.76. The molecule has 0 saturated heterocycles. The normalized spacial score (nSPS) is 27.7. The zero-order valence-electron chi connectivity index (χ0n) is 7.61. The summed E-state index contributed by atoms with van der Waals surface area (Å²) in [5.41, 5.74) is 1.05. The maximum Gasteiger partial charge on any atom is 0.264 e. The molecule has 1 saturated carbocycles. The van der Waals surface area contributed by atoms with Crippen molar-refractivity contribution in [1.29, 1.82) is 0 Å². The summed E-state index contributed by atoms with van der Waals surface area (Å²) in [5, 5.41) is 9.15. The molecule has 76 valence electrons. The molecule has 3 unspecified atom stereocenters. The second-order valence-corrected chi connectivity index (χ2v) is 3.74. The molecule has 1 N–H and O–H groups in total. The van der Waals surface area contributed by atoms with Crippen LogP contribution in [-0.4, -0.2) is 17.6 Å². The number of rotatable bonds is 3. The van der Waals surface area contributed by atoms with Crippen molar-refractivity contribution in [1.82, 2.24) is 0 Å². The number of hydrogen-bond acceptors (Lipinski definition) is 1. The summed E-state index contributed by atoms with van der Waals surface area (Å²) in [6.07, 6.45) is -3.40. The minimum Gasteiger partial charge on any atom is -0.387 e. The highest BCUT2D eigenvalue weighted by Gasteiger charge is 2.46. The van der Waals surface area contributed by atoms with Crippen molar-refractivity contribution in [2.45, 2.75) is 24.9 Å². The third kappa shape index (κ3) is 1.77. The van der Waals surface area contributed by atoms with Crippen LogP contribution in [0.25, 0.3) is 0 Å². The molecule has 0 spiro atoms. The van der Waals surface area contributed by atoms with E-state index in [0.717, 1.165) is 5.56 Å². The van der Waals surface area contributed by atoms with Crippen LogP contribution in [0.5, 0.6) is 0 Å². The lowest BCUT2D eigenvalue weighted by Gasteiger charge is -2.08. The number of hydrogen-bond donors (Lipinski definition) is 1. The minimum absolute atomic E-state index is 0.125. The predicted octanol–water partition coefficient (Wildman–Crippen LogP) is 2.42. The van der Waals surface area contributed by atoms with E-state index >= 15 is 0 Å². The Hall–Kier alpha value is -0.960. The highest BCUT2D eigenvalue weighted by Crippen LogP contribution is 2.50. The summed E-state index contributed by atoms with van der Waals surface area (Å²) in [6.45, 7) is 0. The van der Waals surface area contributed by atoms with E-state index in [1.165, 1.54) is 0 Å². The first-order chi connectivity index (χ1) is 6.70. The zero-order valence-corrected chi connectivity index (χ0v) is 7.61. The average molecular weight is 198 g/mol. The number of benzene rings is 1. The summed E-state index contributed by atoms with van der Waals surface area (Å²) in [7, 11) is 0. The van der Waals surface area contributed by atoms with Gasteiger partial charge in [-0.3, -0.25) is 0 Å². The van der Waals surface area contributed by atoms with E-state index in [2.05, 4.69) is 0 Å². The van der Waals surface area contributed by atoms with Gasteiger partial charge in [-0.15, -0.1) is 0 Å². The van der Waals surface area contributed by atoms with Gasteiger partial charge in [0.25, 0.3) is 6.43 Å². The molecular formula is C11H12F2O. The quantitative estimate of drug-likeness (QED) is 0.790. The van der Waals surface area contributed by atoms with Crippen LogP contribution in [0.4, 0.5) is 8.78 Å². The maximum atomic E-state index is 12.2. The Morgan fingerprint density at radius 2 is 1.86 bits per heavy atom. The van der Waals surface area contributed by atoms with E-state index in [1.807, 2.05) is 30.3 Å². The van der Waals surface area contributed by atoms with Gasteiger partial charge in [-0.2, -0.15) is 0 Å². The minimum atomic E-state index is -2.62. The standard InChI is InChI=1S/C11H12F2O/c12-11(13)10(14)9-6-8(9)7-4-2-1-3-5-7/h1-5,8-11,14H,6H2. The van der Waals surface area contributed by atoms with Crippen LogP contribution in [0.2, 0.25) is 0 Å². The van der Waals surface area contributed by atoms with E-state index in [1.54, 1.807) is 0 Å². The lowest BCUT2D eigenvalue weighted by atomic mass is 10.1. The molecule has 1 aromatic carbocycles. The highest BCUT2D eigenvalue weighted by atomic mass is 19.3. The summed E-state index contributed by atoms with van der Waals surface area (Å²) < 4.78 is 24.3. The first kappa shape index (κ1) is 9.59. The van der Waals surface area contributed by atoms with Crippen molar-refractivity contribution in [3.8, 4) is 0 Å². The maximum absolute atomic E-state index is 12.2. The number of halogens is 2. The summed E-state index contributed by atoms with van der Waals surface area (Å²) in [5.74, 6) is -0.127. The monoisotopic (exact) mass is 198 g/mol. The summed E-state index contributed by atoms with van der Waals surface area (Å²) in [6, 6.07) is 9.51. The fourth-order valence-electron chi connectivity index (χ4n) is 1.86. The zero-order chi connectivity index (χ0) is 10.1. The molecule has 1 fully saturated rings. The second kappa shape index (κ2) is 3.65. The van der Waals surface area contributed by atoms with Gasteiger partial charge in [0.2, 0.25) is 0 Å². The van der Waals surface area contributed by atoms with Gasteiger partial charge in [0.15, 0.2) is 0 Å². The van der Waals surface area contributed by atoms with Gasteiger partial charge in [0.05, 0.1) is 0 Å². The van der Waals surface area contributed by atoms with Crippen molar-refractivity contribution in [3.05, 3.63) is 35.9 Å². The van der Waals surface area contributed by atoms with E-state index in [9.17, 15) is 8.78 Å². The first-order valence-electron chi connectivity index (χ1n) is 4.71. The smallest absolute Gasteiger partial charge is 0.264 e. The van der Waals surface area contributed by atoms with E-state index < -0.39 is 12.5 Å². The van der Waals surface area contributed by atoms with Gasteiger partial charge in [0, 0.05) is 0 Å². The Kier molecular flexibility index (Phi) is 2.50. The molecule has 1 nitrogen and oxygen atoms in total. The molecule has 1 aliphatic carbocycles. The molecular weight excluding hydrogens is 186 g/mol. The largest absolute Gasteiger partial charge is 0.387 e. The van der Waals surface area contributed by atoms with Gasteiger partial charge >= 0.3 is 0 Å². The molecule has 3 heteroatoms. The molecule has 0 bridgehead atoms. The van der Waals surface area contributed by atoms with E-state index in [0.29, 0.717) is 6.42 Å². The van der Waals surface area contributed by atoms with Crippen LogP contribution in [0.15, 0.2) is 30.3 Å². The fourth-order valence-corrected chi connectivity index (χ4v) is 1.86. The van der Waals surface area contributed by atoms with Gasteiger partial charge in [-0.05, 0) is 23.8 Å². The van der Waals surface area contributed by atoms with Crippen LogP contribution >= 0.6 is 0 Å². The third-order valence-corrected chi connectivity index (χ3v) is 2.76. The number of aliphatic hydroxyl groups is 1. The molecule has 0 heterocycles. The second-order valence-electron chi connectivity index (χ2n) is 3.74. The van der Waals surface area contributed by atoms with E-state index in [4.69, 9.17) is 5.11 Å². The molecule has 0 aliphatic heterocycles. The number of aliphatic hydroxyl groups excluding tert-OH is 1. The van der Waals surface area contributed by atoms with Gasteiger partial charge in [-0.1, -0.05) is 30.3 Å². The SMILES string of the molecule is OC(C(F)F)C1CC1c1ccccc1. The van der Waals surface area contributed by atoms with Crippen LogP contribution in [0.1, 0.15) is 17.9 Å². The van der Waals surface area contributed by atoms with Gasteiger partial charge in [-0.25, -0.2) is 8.78 Å². The van der Waals surface area contributed by atoms with Crippen molar-refractivity contribution in [2.24, 2.45) is 5.92 Å². The van der Waals surface area contributed by atoms with Crippen molar-refractivity contribution >= 4 is 0 Å². The van der Waals surface area contributed by atoms with Gasteiger partial charge in [0.1, 0.15) is 6.10 Å². The molecule has 1 aromatic rings. The van der Waals surface area contributed by atoms with Crippen molar-refractivity contribution in [3.63, 3.8) is 0 Å². The topological polar surface area (TPSA) is 20.2 Å². The van der Waals surface area contributed by atoms with E-state index in [-0.39, 0.29) is 11.8 Å². The lowest BCUT2D eigenvalue weighted by Crippen LogP contribution is -2.20. The molecule has 2 rings (SSSR count). The Bertz CT molecular complexity index is 299. The summed E-state index contributed by atoms with van der Waals surface area (Å²) >= 11 is 0. The Morgan fingerprint density at radius 3 is 2.43 bits per heavy atom. The van der Waals surface area contributed by atoms with Gasteiger partial charge < -0.3 is 5.11 Å². The average Bonchev–Trinajstić information content (AvgIpc) is 2.97. The number of alkyl halides is 2. The fraction of sp³-hybridized carbons (Fsp3) is 0.455. The summed E-state index contributed by atoms with van der Waals surface area (Å²) in [4.78, 5) is 0. The molecule has 0 amide bonds. The molecule has 0 radical (unpaired) electrons. The molecule has 3 atom stereocenters. The lowest BCUT2D eigenvalue weighted by molar-refractivity contribution is -0.0180. The van der Waals surface area contributed by atoms with Crippen molar-refractivity contribution < 1.29 is 13.9 Å². The Labute approximate surface area is 81.4 Å². The van der Waals surface area contributed by atoms with Crippen LogP contribution < -0.4 is 0 Å². The molecule has 1 aliphatic rings.